The summed E-state index contributed by atoms with van der Waals surface area (Å²) in [6.45, 7) is 0. The van der Waals surface area contributed by atoms with Crippen LogP contribution in [0.1, 0.15) is 5.56 Å². The zero-order chi connectivity index (χ0) is 13.2. The number of nitrogens with zero attached hydrogens (tertiary/aromatic N) is 3. The summed E-state index contributed by atoms with van der Waals surface area (Å²) in [6.07, 6.45) is 1.45. The number of hydrogen-bond acceptors (Lipinski definition) is 4. The van der Waals surface area contributed by atoms with E-state index < -0.39 is 0 Å². The van der Waals surface area contributed by atoms with E-state index >= 15 is 0 Å². The molecule has 1 aromatic heterocycles. The lowest BCUT2D eigenvalue weighted by atomic mass is 10.1. The van der Waals surface area contributed by atoms with Crippen molar-refractivity contribution in [2.75, 3.05) is 5.73 Å². The molecule has 3 rings (SSSR count). The maximum absolute atomic E-state index is 8.81. The first-order chi connectivity index (χ1) is 9.28. The zero-order valence-corrected chi connectivity index (χ0v) is 10.0. The van der Waals surface area contributed by atoms with Crippen LogP contribution in [0.3, 0.4) is 0 Å². The molecule has 0 bridgehead atoms. The van der Waals surface area contributed by atoms with Crippen molar-refractivity contribution < 1.29 is 0 Å². The molecule has 2 N–H and O–H groups in total. The number of hydrogen-bond donors (Lipinski definition) is 1. The van der Waals surface area contributed by atoms with Gasteiger partial charge in [0.2, 0.25) is 0 Å². The summed E-state index contributed by atoms with van der Waals surface area (Å²) in [5.74, 6) is 0.739. The van der Waals surface area contributed by atoms with E-state index in [0.717, 1.165) is 16.3 Å². The molecule has 0 radical (unpaired) electrons. The van der Waals surface area contributed by atoms with Crippen molar-refractivity contribution in [1.82, 2.24) is 9.97 Å². The van der Waals surface area contributed by atoms with Gasteiger partial charge in [-0.05, 0) is 16.8 Å². The molecule has 0 saturated heterocycles. The molecule has 0 aliphatic carbocycles. The third-order valence-electron chi connectivity index (χ3n) is 2.95. The van der Waals surface area contributed by atoms with Gasteiger partial charge in [-0.2, -0.15) is 5.26 Å². The lowest BCUT2D eigenvalue weighted by Gasteiger charge is -2.04. The summed E-state index contributed by atoms with van der Waals surface area (Å²) in [6, 6.07) is 16.0. The smallest absolute Gasteiger partial charge is 0.161 e. The predicted molar refractivity (Wildman–Crippen MR) is 74.1 cm³/mol. The lowest BCUT2D eigenvalue weighted by Crippen LogP contribution is -1.98. The predicted octanol–water partition coefficient (Wildman–Crippen LogP) is 2.75. The van der Waals surface area contributed by atoms with Crippen molar-refractivity contribution in [3.8, 4) is 17.5 Å². The van der Waals surface area contributed by atoms with Gasteiger partial charge in [0, 0.05) is 5.56 Å². The minimum absolute atomic E-state index is 0.209. The molecule has 0 atom stereocenters. The molecular formula is C15H10N4. The summed E-state index contributed by atoms with van der Waals surface area (Å²) < 4.78 is 0. The van der Waals surface area contributed by atoms with Crippen molar-refractivity contribution in [2.45, 2.75) is 0 Å². The molecule has 0 aliphatic heterocycles. The van der Waals surface area contributed by atoms with E-state index in [1.807, 2.05) is 48.5 Å². The zero-order valence-electron chi connectivity index (χ0n) is 10.0. The van der Waals surface area contributed by atoms with E-state index in [1.165, 1.54) is 6.20 Å². The van der Waals surface area contributed by atoms with Crippen molar-refractivity contribution >= 4 is 16.6 Å². The van der Waals surface area contributed by atoms with Crippen LogP contribution >= 0.6 is 0 Å². The number of anilines is 1. The van der Waals surface area contributed by atoms with Crippen LogP contribution in [0.4, 0.5) is 5.82 Å². The van der Waals surface area contributed by atoms with Crippen molar-refractivity contribution in [3.05, 3.63) is 54.2 Å². The van der Waals surface area contributed by atoms with E-state index in [4.69, 9.17) is 11.0 Å². The number of fused-ring (bicyclic) bond motifs is 1. The van der Waals surface area contributed by atoms with Gasteiger partial charge < -0.3 is 5.73 Å². The minimum Gasteiger partial charge on any atom is -0.382 e. The van der Waals surface area contributed by atoms with Gasteiger partial charge in [-0.25, -0.2) is 9.97 Å². The Balaban J connectivity index is 2.14. The van der Waals surface area contributed by atoms with Gasteiger partial charge in [0.1, 0.15) is 17.5 Å². The summed E-state index contributed by atoms with van der Waals surface area (Å²) in [5, 5.41) is 11.1. The molecule has 0 saturated carbocycles. The number of aromatic nitrogens is 2. The highest BCUT2D eigenvalue weighted by molar-refractivity contribution is 5.86. The summed E-state index contributed by atoms with van der Waals surface area (Å²) >= 11 is 0. The second-order valence-electron chi connectivity index (χ2n) is 4.17. The Labute approximate surface area is 110 Å². The molecule has 2 aromatic carbocycles. The fourth-order valence-corrected chi connectivity index (χ4v) is 1.95. The standard InChI is InChI=1S/C15H10N4/c16-8-13-9-18-15(19-14(13)17)12-6-5-10-3-1-2-4-11(10)7-12/h1-7,9H,(H2,17,18,19). The molecule has 0 amide bonds. The summed E-state index contributed by atoms with van der Waals surface area (Å²) in [4.78, 5) is 8.34. The SMILES string of the molecule is N#Cc1cnc(-c2ccc3ccccc3c2)nc1N. The van der Waals surface area contributed by atoms with Gasteiger partial charge in [-0.3, -0.25) is 0 Å². The van der Waals surface area contributed by atoms with Crippen LogP contribution in [-0.4, -0.2) is 9.97 Å². The van der Waals surface area contributed by atoms with Gasteiger partial charge >= 0.3 is 0 Å². The van der Waals surface area contributed by atoms with E-state index in [2.05, 4.69) is 9.97 Å². The first kappa shape index (κ1) is 11.2. The monoisotopic (exact) mass is 246 g/mol. The lowest BCUT2D eigenvalue weighted by molar-refractivity contribution is 1.17. The maximum Gasteiger partial charge on any atom is 0.161 e. The number of benzene rings is 2. The second-order valence-corrected chi connectivity index (χ2v) is 4.17. The first-order valence-electron chi connectivity index (χ1n) is 5.80. The minimum atomic E-state index is 0.209. The highest BCUT2D eigenvalue weighted by atomic mass is 14.9. The molecule has 90 valence electrons. The highest BCUT2D eigenvalue weighted by Crippen LogP contribution is 2.22. The van der Waals surface area contributed by atoms with Crippen molar-refractivity contribution in [1.29, 1.82) is 5.26 Å². The van der Waals surface area contributed by atoms with E-state index in [1.54, 1.807) is 0 Å². The Hall–Kier alpha value is -2.93. The molecule has 3 aromatic rings. The van der Waals surface area contributed by atoms with E-state index in [-0.39, 0.29) is 5.82 Å². The van der Waals surface area contributed by atoms with Crippen LogP contribution in [0.25, 0.3) is 22.2 Å². The van der Waals surface area contributed by atoms with Gasteiger partial charge in [-0.15, -0.1) is 0 Å². The fourth-order valence-electron chi connectivity index (χ4n) is 1.95. The van der Waals surface area contributed by atoms with Gasteiger partial charge in [0.15, 0.2) is 5.82 Å². The molecule has 0 spiro atoms. The topological polar surface area (TPSA) is 75.6 Å². The molecule has 4 heteroatoms. The average molecular weight is 246 g/mol. The third kappa shape index (κ3) is 1.98. The van der Waals surface area contributed by atoms with Crippen LogP contribution < -0.4 is 5.73 Å². The maximum atomic E-state index is 8.81. The molecular weight excluding hydrogens is 236 g/mol. The number of nitriles is 1. The fraction of sp³-hybridized carbons (Fsp3) is 0. The Bertz CT molecular complexity index is 803. The van der Waals surface area contributed by atoms with Crippen LogP contribution in [0, 0.1) is 11.3 Å². The van der Waals surface area contributed by atoms with Crippen LogP contribution in [0.2, 0.25) is 0 Å². The van der Waals surface area contributed by atoms with Gasteiger partial charge in [0.05, 0.1) is 6.20 Å². The third-order valence-corrected chi connectivity index (χ3v) is 2.95. The number of nitrogen functional groups attached to an aromatic ring is 1. The summed E-state index contributed by atoms with van der Waals surface area (Å²) in [5.41, 5.74) is 6.89. The molecule has 0 unspecified atom stereocenters. The van der Waals surface area contributed by atoms with Gasteiger partial charge in [0.25, 0.3) is 0 Å². The Kier molecular flexibility index (Phi) is 2.58. The van der Waals surface area contributed by atoms with Crippen molar-refractivity contribution in [3.63, 3.8) is 0 Å². The summed E-state index contributed by atoms with van der Waals surface area (Å²) in [7, 11) is 0. The molecule has 0 fully saturated rings. The largest absolute Gasteiger partial charge is 0.382 e. The molecule has 0 aliphatic rings. The Morgan fingerprint density at radius 2 is 1.84 bits per heavy atom. The normalized spacial score (nSPS) is 10.3. The van der Waals surface area contributed by atoms with Gasteiger partial charge in [-0.1, -0.05) is 36.4 Å². The highest BCUT2D eigenvalue weighted by Gasteiger charge is 2.06. The van der Waals surface area contributed by atoms with Crippen LogP contribution in [0.15, 0.2) is 48.7 Å². The molecule has 1 heterocycles. The number of rotatable bonds is 1. The van der Waals surface area contributed by atoms with Crippen LogP contribution in [0.5, 0.6) is 0 Å². The number of nitrogens with two attached hydrogens (primary N) is 1. The first-order valence-corrected chi connectivity index (χ1v) is 5.80. The second kappa shape index (κ2) is 4.39. The Morgan fingerprint density at radius 1 is 1.05 bits per heavy atom. The van der Waals surface area contributed by atoms with Crippen molar-refractivity contribution in [2.24, 2.45) is 0 Å². The molecule has 4 nitrogen and oxygen atoms in total. The van der Waals surface area contributed by atoms with Crippen LogP contribution in [-0.2, 0) is 0 Å². The van der Waals surface area contributed by atoms with E-state index in [0.29, 0.717) is 11.4 Å². The quantitative estimate of drug-likeness (QED) is 0.716. The average Bonchev–Trinajstić information content (AvgIpc) is 2.46. The Morgan fingerprint density at radius 3 is 2.58 bits per heavy atom. The molecule has 19 heavy (non-hydrogen) atoms. The van der Waals surface area contributed by atoms with E-state index in [9.17, 15) is 0 Å².